The van der Waals surface area contributed by atoms with Gasteiger partial charge in [0, 0.05) is 64.9 Å². The number of alkyl halides is 3. The average molecular weight is 642 g/mol. The molecule has 0 radical (unpaired) electrons. The predicted octanol–water partition coefficient (Wildman–Crippen LogP) is 5.83. The van der Waals surface area contributed by atoms with Crippen molar-refractivity contribution in [1.29, 1.82) is 0 Å². The van der Waals surface area contributed by atoms with Crippen LogP contribution in [0.3, 0.4) is 0 Å². The molecular formula is C29H29ClF5N5O2S. The van der Waals surface area contributed by atoms with Crippen LogP contribution in [-0.4, -0.2) is 76.8 Å². The van der Waals surface area contributed by atoms with Crippen molar-refractivity contribution >= 4 is 46.0 Å². The summed E-state index contributed by atoms with van der Waals surface area (Å²) in [5.74, 6) is -2.35. The zero-order chi connectivity index (χ0) is 31.5. The first-order valence-electron chi connectivity index (χ1n) is 13.5. The third-order valence-corrected chi connectivity index (χ3v) is 9.27. The molecule has 0 bridgehead atoms. The molecule has 3 heterocycles. The van der Waals surface area contributed by atoms with Gasteiger partial charge in [-0.3, -0.25) is 9.36 Å². The van der Waals surface area contributed by atoms with E-state index in [4.69, 9.17) is 11.6 Å². The Balaban J connectivity index is 1.85. The number of likely N-dealkylation sites (N-methyl/N-ethyl adjacent to an activating group) is 1. The van der Waals surface area contributed by atoms with Gasteiger partial charge in [-0.15, -0.1) is 11.8 Å². The number of aromatic nitrogens is 2. The van der Waals surface area contributed by atoms with E-state index in [1.54, 1.807) is 23.6 Å². The van der Waals surface area contributed by atoms with E-state index in [0.717, 1.165) is 23.9 Å². The number of thioether (sulfide) groups is 1. The molecule has 0 saturated carbocycles. The highest BCUT2D eigenvalue weighted by Crippen LogP contribution is 2.50. The van der Waals surface area contributed by atoms with Crippen LogP contribution in [0.15, 0.2) is 40.5 Å². The van der Waals surface area contributed by atoms with Gasteiger partial charge < -0.3 is 14.7 Å². The first-order chi connectivity index (χ1) is 20.1. The second kappa shape index (κ2) is 11.4. The average Bonchev–Trinajstić information content (AvgIpc) is 2.91. The molecule has 0 N–H and O–H groups in total. The van der Waals surface area contributed by atoms with Crippen LogP contribution in [-0.2, 0) is 11.0 Å². The van der Waals surface area contributed by atoms with E-state index >= 15 is 4.39 Å². The molecule has 14 heteroatoms. The largest absolute Gasteiger partial charge is 0.417 e. The number of nitrogens with zero attached hydrogens (tertiary/aromatic N) is 5. The van der Waals surface area contributed by atoms with Gasteiger partial charge in [0.05, 0.1) is 22.1 Å². The summed E-state index contributed by atoms with van der Waals surface area (Å²) >= 11 is 7.00. The first kappa shape index (κ1) is 31.3. The van der Waals surface area contributed by atoms with Gasteiger partial charge in [0.2, 0.25) is 5.91 Å². The van der Waals surface area contributed by atoms with Crippen molar-refractivity contribution in [3.8, 4) is 11.1 Å². The van der Waals surface area contributed by atoms with Crippen molar-refractivity contribution < 1.29 is 26.7 Å². The maximum atomic E-state index is 15.2. The van der Waals surface area contributed by atoms with E-state index in [1.807, 2.05) is 19.0 Å². The van der Waals surface area contributed by atoms with Crippen LogP contribution >= 0.6 is 23.4 Å². The molecule has 1 fully saturated rings. The summed E-state index contributed by atoms with van der Waals surface area (Å²) in [6.07, 6.45) is -3.75. The Bertz CT molecular complexity index is 1680. The second-order valence-corrected chi connectivity index (χ2v) is 12.6. The minimum absolute atomic E-state index is 0.0312. The monoisotopic (exact) mass is 641 g/mol. The number of hydrogen-bond acceptors (Lipinski definition) is 6. The smallest absolute Gasteiger partial charge is 0.352 e. The van der Waals surface area contributed by atoms with Gasteiger partial charge >= 0.3 is 11.9 Å². The molecule has 230 valence electrons. The molecule has 1 amide bonds. The van der Waals surface area contributed by atoms with Crippen molar-refractivity contribution in [2.24, 2.45) is 0 Å². The second-order valence-electron chi connectivity index (χ2n) is 11.1. The van der Waals surface area contributed by atoms with E-state index in [-0.39, 0.29) is 58.4 Å². The molecule has 0 spiro atoms. The standard InChI is InChI=1S/C29H29ClF5N5O2S/c1-6-23(41)39-14(2)10-38(11-15(39)3)27-18-7-19(29(33,34)35)24(17-8-20(30)22(32)9-21(17)31)26-25(18)40(28(42)36-27)16(13-43-26)12-37(4)5/h6-9,14-16H,1,10-13H2,2-5H3/t14-,15+,16-/m0/s1. The lowest BCUT2D eigenvalue weighted by Gasteiger charge is -2.45. The summed E-state index contributed by atoms with van der Waals surface area (Å²) in [5.41, 5.74) is -2.67. The Morgan fingerprint density at radius 2 is 1.81 bits per heavy atom. The van der Waals surface area contributed by atoms with E-state index in [2.05, 4.69) is 11.6 Å². The molecular weight excluding hydrogens is 613 g/mol. The molecule has 3 atom stereocenters. The third-order valence-electron chi connectivity index (χ3n) is 7.74. The van der Waals surface area contributed by atoms with Gasteiger partial charge in [-0.05, 0) is 46.2 Å². The first-order valence-corrected chi connectivity index (χ1v) is 14.8. The van der Waals surface area contributed by atoms with Crippen LogP contribution in [0.5, 0.6) is 0 Å². The summed E-state index contributed by atoms with van der Waals surface area (Å²) < 4.78 is 75.1. The highest BCUT2D eigenvalue weighted by Gasteiger charge is 2.41. The fourth-order valence-electron chi connectivity index (χ4n) is 6.13. The van der Waals surface area contributed by atoms with E-state index in [1.165, 1.54) is 10.6 Å². The van der Waals surface area contributed by atoms with Gasteiger partial charge in [-0.25, -0.2) is 13.6 Å². The molecule has 7 nitrogen and oxygen atoms in total. The van der Waals surface area contributed by atoms with Crippen molar-refractivity contribution in [2.75, 3.05) is 44.4 Å². The van der Waals surface area contributed by atoms with Gasteiger partial charge in [0.1, 0.15) is 17.5 Å². The number of piperazine rings is 1. The lowest BCUT2D eigenvalue weighted by molar-refractivity contribution is -0.137. The van der Waals surface area contributed by atoms with Gasteiger partial charge in [-0.1, -0.05) is 18.2 Å². The Kier molecular flexibility index (Phi) is 8.29. The molecule has 3 aromatic rings. The Morgan fingerprint density at radius 3 is 2.40 bits per heavy atom. The maximum Gasteiger partial charge on any atom is 0.417 e. The molecule has 1 aromatic heterocycles. The fraction of sp³-hybridized carbons (Fsp3) is 0.414. The zero-order valence-corrected chi connectivity index (χ0v) is 25.4. The predicted molar refractivity (Wildman–Crippen MR) is 158 cm³/mol. The molecule has 2 aromatic carbocycles. The Morgan fingerprint density at radius 1 is 1.16 bits per heavy atom. The number of anilines is 1. The highest BCUT2D eigenvalue weighted by atomic mass is 35.5. The number of amides is 1. The fourth-order valence-corrected chi connectivity index (χ4v) is 7.62. The maximum absolute atomic E-state index is 15.2. The molecule has 0 unspecified atom stereocenters. The molecule has 2 aliphatic heterocycles. The van der Waals surface area contributed by atoms with Crippen molar-refractivity contribution in [1.82, 2.24) is 19.4 Å². The van der Waals surface area contributed by atoms with E-state index in [0.29, 0.717) is 12.6 Å². The summed E-state index contributed by atoms with van der Waals surface area (Å²) in [5, 5.41) is -0.469. The quantitative estimate of drug-likeness (QED) is 0.198. The van der Waals surface area contributed by atoms with Crippen LogP contribution in [0.2, 0.25) is 5.02 Å². The highest BCUT2D eigenvalue weighted by molar-refractivity contribution is 7.99. The normalized spacial score (nSPS) is 20.7. The number of carbonyl (C=O) groups excluding carboxylic acids is 1. The van der Waals surface area contributed by atoms with Crippen molar-refractivity contribution in [2.45, 2.75) is 43.0 Å². The van der Waals surface area contributed by atoms with Crippen molar-refractivity contribution in [3.63, 3.8) is 0 Å². The van der Waals surface area contributed by atoms with E-state index in [9.17, 15) is 27.2 Å². The zero-order valence-electron chi connectivity index (χ0n) is 23.8. The summed E-state index contributed by atoms with van der Waals surface area (Å²) in [6, 6.07) is 1.00. The lowest BCUT2D eigenvalue weighted by atomic mass is 9.95. The molecule has 43 heavy (non-hydrogen) atoms. The minimum atomic E-state index is -4.96. The number of benzene rings is 2. The topological polar surface area (TPSA) is 61.7 Å². The van der Waals surface area contributed by atoms with Crippen LogP contribution in [0, 0.1) is 11.6 Å². The molecule has 5 rings (SSSR count). The number of hydrogen-bond donors (Lipinski definition) is 0. The Hall–Kier alpha value is -3.16. The molecule has 0 aliphatic carbocycles. The third kappa shape index (κ3) is 5.51. The number of halogens is 6. The van der Waals surface area contributed by atoms with Crippen molar-refractivity contribution in [3.05, 3.63) is 63.6 Å². The van der Waals surface area contributed by atoms with Crippen LogP contribution in [0.25, 0.3) is 22.0 Å². The van der Waals surface area contributed by atoms with Crippen LogP contribution in [0.1, 0.15) is 25.5 Å². The molecule has 1 saturated heterocycles. The van der Waals surface area contributed by atoms with Crippen LogP contribution in [0.4, 0.5) is 27.8 Å². The molecule has 2 aliphatic rings. The number of rotatable bonds is 5. The van der Waals surface area contributed by atoms with Gasteiger partial charge in [-0.2, -0.15) is 18.2 Å². The summed E-state index contributed by atoms with van der Waals surface area (Å²) in [4.78, 5) is 35.8. The van der Waals surface area contributed by atoms with Gasteiger partial charge in [0.15, 0.2) is 0 Å². The lowest BCUT2D eigenvalue weighted by Crippen LogP contribution is -2.58. The summed E-state index contributed by atoms with van der Waals surface area (Å²) in [6.45, 7) is 7.94. The summed E-state index contributed by atoms with van der Waals surface area (Å²) in [7, 11) is 3.62. The van der Waals surface area contributed by atoms with E-state index < -0.39 is 51.3 Å². The minimum Gasteiger partial charge on any atom is -0.352 e. The SMILES string of the molecule is C=CC(=O)N1[C@H](C)CN(c2nc(=O)n3c4c(c(-c5cc(Cl)c(F)cc5F)c(C(F)(F)F)cc24)SC[C@@H]3CN(C)C)C[C@@H]1C. The van der Waals surface area contributed by atoms with Crippen LogP contribution < -0.4 is 10.6 Å². The Labute approximate surface area is 253 Å². The van der Waals surface area contributed by atoms with Gasteiger partial charge in [0.25, 0.3) is 0 Å². The number of carbonyl (C=O) groups is 1.